The van der Waals surface area contributed by atoms with Crippen LogP contribution >= 0.6 is 11.8 Å². The average Bonchev–Trinajstić information content (AvgIpc) is 3.12. The van der Waals surface area contributed by atoms with Gasteiger partial charge in [0.1, 0.15) is 5.54 Å². The molecule has 0 radical (unpaired) electrons. The van der Waals surface area contributed by atoms with E-state index in [1.54, 1.807) is 0 Å². The summed E-state index contributed by atoms with van der Waals surface area (Å²) >= 11 is 1.99. The Kier molecular flexibility index (Phi) is 4.83. The summed E-state index contributed by atoms with van der Waals surface area (Å²) < 4.78 is 0. The Hall–Kier alpha value is -0.220. The van der Waals surface area contributed by atoms with Gasteiger partial charge in [-0.15, -0.1) is 0 Å². The van der Waals surface area contributed by atoms with E-state index in [0.717, 1.165) is 32.1 Å². The van der Waals surface area contributed by atoms with Gasteiger partial charge in [0.25, 0.3) is 0 Å². The van der Waals surface area contributed by atoms with E-state index in [1.165, 1.54) is 6.42 Å². The first kappa shape index (κ1) is 15.2. The van der Waals surface area contributed by atoms with Crippen LogP contribution in [0.4, 0.5) is 0 Å². The predicted molar refractivity (Wildman–Crippen MR) is 80.7 cm³/mol. The molecule has 4 heteroatoms. The summed E-state index contributed by atoms with van der Waals surface area (Å²) in [6.07, 6.45) is 6.09. The molecular weight excluding hydrogens is 258 g/mol. The number of hydrogen-bond donors (Lipinski definition) is 2. The van der Waals surface area contributed by atoms with Gasteiger partial charge in [-0.2, -0.15) is 11.8 Å². The molecule has 0 aliphatic heterocycles. The Labute approximate surface area is 120 Å². The van der Waals surface area contributed by atoms with Crippen molar-refractivity contribution in [2.45, 2.75) is 81.4 Å². The lowest BCUT2D eigenvalue weighted by Crippen LogP contribution is -2.56. The van der Waals surface area contributed by atoms with Crippen LogP contribution in [-0.4, -0.2) is 33.2 Å². The molecule has 0 heterocycles. The van der Waals surface area contributed by atoms with Crippen LogP contribution in [0.5, 0.6) is 0 Å². The van der Waals surface area contributed by atoms with Gasteiger partial charge in [0.2, 0.25) is 0 Å². The minimum atomic E-state index is -0.645. The number of carboxylic acid groups (broad SMARTS) is 1. The van der Waals surface area contributed by atoms with Crippen molar-refractivity contribution in [3.8, 4) is 0 Å². The number of carboxylic acids is 1. The Morgan fingerprint density at radius 3 is 2.53 bits per heavy atom. The molecular formula is C15H27NO2S. The van der Waals surface area contributed by atoms with Gasteiger partial charge in [0.05, 0.1) is 0 Å². The fraction of sp³-hybridized carbons (Fsp3) is 0.933. The molecule has 2 N–H and O–H groups in total. The third kappa shape index (κ3) is 3.88. The van der Waals surface area contributed by atoms with Gasteiger partial charge >= 0.3 is 5.97 Å². The third-order valence-electron chi connectivity index (χ3n) is 4.52. The zero-order valence-corrected chi connectivity index (χ0v) is 13.1. The summed E-state index contributed by atoms with van der Waals surface area (Å²) in [5.41, 5.74) is -0.645. The second kappa shape index (κ2) is 6.04. The van der Waals surface area contributed by atoms with Crippen molar-refractivity contribution in [2.75, 3.05) is 0 Å². The molecule has 3 nitrogen and oxygen atoms in total. The number of thioether (sulfide) groups is 1. The van der Waals surface area contributed by atoms with Crippen LogP contribution in [0.2, 0.25) is 0 Å². The Morgan fingerprint density at radius 1 is 1.32 bits per heavy atom. The zero-order valence-electron chi connectivity index (χ0n) is 12.3. The van der Waals surface area contributed by atoms with Crippen LogP contribution in [0.1, 0.15) is 59.3 Å². The average molecular weight is 285 g/mol. The third-order valence-corrected chi connectivity index (χ3v) is 6.28. The minimum Gasteiger partial charge on any atom is -0.480 e. The second-order valence-electron chi connectivity index (χ2n) is 6.61. The first-order chi connectivity index (χ1) is 8.93. The SMILES string of the molecule is CC(C)C(C)SC1CCCC(NC2CC2)(C(=O)O)C1. The van der Waals surface area contributed by atoms with Gasteiger partial charge in [-0.1, -0.05) is 20.8 Å². The zero-order chi connectivity index (χ0) is 14.0. The van der Waals surface area contributed by atoms with E-state index < -0.39 is 11.5 Å². The largest absolute Gasteiger partial charge is 0.480 e. The molecule has 110 valence electrons. The minimum absolute atomic E-state index is 0.461. The molecule has 0 aromatic heterocycles. The van der Waals surface area contributed by atoms with E-state index in [4.69, 9.17) is 0 Å². The highest BCUT2D eigenvalue weighted by atomic mass is 32.2. The molecule has 2 aliphatic carbocycles. The maximum atomic E-state index is 11.7. The fourth-order valence-electron chi connectivity index (χ4n) is 2.81. The van der Waals surface area contributed by atoms with Crippen LogP contribution in [0, 0.1) is 5.92 Å². The fourth-order valence-corrected chi connectivity index (χ4v) is 4.41. The van der Waals surface area contributed by atoms with E-state index in [-0.39, 0.29) is 0 Å². The van der Waals surface area contributed by atoms with Gasteiger partial charge < -0.3 is 5.11 Å². The van der Waals surface area contributed by atoms with Crippen LogP contribution in [0.3, 0.4) is 0 Å². The number of aliphatic carboxylic acids is 1. The van der Waals surface area contributed by atoms with Crippen molar-refractivity contribution < 1.29 is 9.90 Å². The van der Waals surface area contributed by atoms with Gasteiger partial charge in [-0.3, -0.25) is 10.1 Å². The molecule has 0 spiro atoms. The predicted octanol–water partition coefficient (Wildman–Crippen LogP) is 3.28. The lowest BCUT2D eigenvalue weighted by molar-refractivity contribution is -0.146. The summed E-state index contributed by atoms with van der Waals surface area (Å²) in [6, 6.07) is 0.461. The van der Waals surface area contributed by atoms with E-state index in [2.05, 4.69) is 26.1 Å². The van der Waals surface area contributed by atoms with E-state index in [9.17, 15) is 9.90 Å². The lowest BCUT2D eigenvalue weighted by atomic mass is 9.81. The molecule has 2 aliphatic rings. The van der Waals surface area contributed by atoms with Crippen molar-refractivity contribution in [1.29, 1.82) is 0 Å². The topological polar surface area (TPSA) is 49.3 Å². The maximum absolute atomic E-state index is 11.7. The molecule has 2 rings (SSSR count). The molecule has 0 aromatic rings. The molecule has 0 bridgehead atoms. The summed E-state index contributed by atoms with van der Waals surface area (Å²) in [4.78, 5) is 11.7. The van der Waals surface area contributed by atoms with Crippen molar-refractivity contribution in [1.82, 2.24) is 5.32 Å². The van der Waals surface area contributed by atoms with Gasteiger partial charge in [0.15, 0.2) is 0 Å². The normalized spacial score (nSPS) is 33.4. The van der Waals surface area contributed by atoms with Gasteiger partial charge in [0, 0.05) is 16.5 Å². The number of rotatable bonds is 6. The summed E-state index contributed by atoms with van der Waals surface area (Å²) in [5, 5.41) is 14.2. The van der Waals surface area contributed by atoms with Crippen molar-refractivity contribution in [3.05, 3.63) is 0 Å². The van der Waals surface area contributed by atoms with Crippen molar-refractivity contribution in [2.24, 2.45) is 5.92 Å². The highest BCUT2D eigenvalue weighted by molar-refractivity contribution is 8.00. The van der Waals surface area contributed by atoms with Crippen LogP contribution in [0.15, 0.2) is 0 Å². The molecule has 0 saturated heterocycles. The van der Waals surface area contributed by atoms with Crippen molar-refractivity contribution >= 4 is 17.7 Å². The Morgan fingerprint density at radius 2 is 2.00 bits per heavy atom. The van der Waals surface area contributed by atoms with Crippen LogP contribution in [0.25, 0.3) is 0 Å². The van der Waals surface area contributed by atoms with Crippen LogP contribution in [-0.2, 0) is 4.79 Å². The lowest BCUT2D eigenvalue weighted by Gasteiger charge is -2.39. The smallest absolute Gasteiger partial charge is 0.323 e. The molecule has 3 atom stereocenters. The highest BCUT2D eigenvalue weighted by Gasteiger charge is 2.46. The highest BCUT2D eigenvalue weighted by Crippen LogP contribution is 2.40. The maximum Gasteiger partial charge on any atom is 0.323 e. The molecule has 0 aromatic carbocycles. The monoisotopic (exact) mass is 285 g/mol. The Bertz CT molecular complexity index is 330. The number of carbonyl (C=O) groups is 1. The molecule has 3 unspecified atom stereocenters. The Balaban J connectivity index is 1.98. The summed E-state index contributed by atoms with van der Waals surface area (Å²) in [7, 11) is 0. The van der Waals surface area contributed by atoms with Gasteiger partial charge in [-0.25, -0.2) is 0 Å². The molecule has 0 amide bonds. The number of hydrogen-bond acceptors (Lipinski definition) is 3. The van der Waals surface area contributed by atoms with Crippen LogP contribution < -0.4 is 5.32 Å². The second-order valence-corrected chi connectivity index (χ2v) is 8.29. The standard InChI is InChI=1S/C15H27NO2S/c1-10(2)11(3)19-13-5-4-8-15(9-13,14(17)18)16-12-6-7-12/h10-13,16H,4-9H2,1-3H3,(H,17,18). The molecule has 2 saturated carbocycles. The molecule has 19 heavy (non-hydrogen) atoms. The van der Waals surface area contributed by atoms with Crippen molar-refractivity contribution in [3.63, 3.8) is 0 Å². The first-order valence-corrected chi connectivity index (χ1v) is 8.54. The number of nitrogens with one attached hydrogen (secondary N) is 1. The van der Waals surface area contributed by atoms with E-state index >= 15 is 0 Å². The first-order valence-electron chi connectivity index (χ1n) is 7.59. The summed E-state index contributed by atoms with van der Waals surface area (Å²) in [6.45, 7) is 6.75. The molecule has 2 fully saturated rings. The van der Waals surface area contributed by atoms with E-state index in [0.29, 0.717) is 22.5 Å². The summed E-state index contributed by atoms with van der Waals surface area (Å²) in [5.74, 6) is 0.0180. The van der Waals surface area contributed by atoms with Gasteiger partial charge in [-0.05, 0) is 44.4 Å². The van der Waals surface area contributed by atoms with E-state index in [1.807, 2.05) is 11.8 Å². The quantitative estimate of drug-likeness (QED) is 0.786.